The van der Waals surface area contributed by atoms with E-state index in [-0.39, 0.29) is 23.7 Å². The van der Waals surface area contributed by atoms with Gasteiger partial charge in [-0.05, 0) is 18.6 Å². The van der Waals surface area contributed by atoms with Crippen LogP contribution in [-0.4, -0.2) is 19.0 Å². The van der Waals surface area contributed by atoms with Crippen LogP contribution >= 0.6 is 0 Å². The summed E-state index contributed by atoms with van der Waals surface area (Å²) in [6.45, 7) is 0.922. The van der Waals surface area contributed by atoms with Gasteiger partial charge in [0.2, 0.25) is 0 Å². The minimum Gasteiger partial charge on any atom is -0.381 e. The Balaban J connectivity index is 2.11. The van der Waals surface area contributed by atoms with Crippen molar-refractivity contribution in [1.29, 1.82) is 0 Å². The van der Waals surface area contributed by atoms with Gasteiger partial charge < -0.3 is 4.74 Å². The molecule has 1 fully saturated rings. The lowest BCUT2D eigenvalue weighted by Gasteiger charge is -2.07. The molecule has 1 aromatic rings. The highest BCUT2D eigenvalue weighted by Crippen LogP contribution is 2.19. The molecule has 0 amide bonds. The SMILES string of the molecule is O=C(Cc1c(F)cccc1F)C1CCOC1. The summed E-state index contributed by atoms with van der Waals surface area (Å²) in [5.41, 5.74) is -0.139. The molecule has 1 atom stereocenters. The Bertz CT molecular complexity index is 378. The number of hydrogen-bond donors (Lipinski definition) is 0. The van der Waals surface area contributed by atoms with Crippen molar-refractivity contribution < 1.29 is 18.3 Å². The van der Waals surface area contributed by atoms with Crippen molar-refractivity contribution in [2.45, 2.75) is 12.8 Å². The molecule has 1 heterocycles. The van der Waals surface area contributed by atoms with Crippen molar-refractivity contribution in [3.63, 3.8) is 0 Å². The summed E-state index contributed by atoms with van der Waals surface area (Å²) in [4.78, 5) is 11.7. The summed E-state index contributed by atoms with van der Waals surface area (Å²) in [5, 5.41) is 0. The Morgan fingerprint density at radius 3 is 2.62 bits per heavy atom. The molecule has 0 N–H and O–H groups in total. The second-order valence-corrected chi connectivity index (χ2v) is 3.90. The molecule has 0 saturated carbocycles. The van der Waals surface area contributed by atoms with Crippen LogP contribution in [-0.2, 0) is 16.0 Å². The van der Waals surface area contributed by atoms with Crippen LogP contribution in [0.4, 0.5) is 8.78 Å². The van der Waals surface area contributed by atoms with Crippen molar-refractivity contribution >= 4 is 5.78 Å². The molecule has 4 heteroatoms. The molecule has 0 aromatic heterocycles. The molecule has 0 spiro atoms. The zero-order valence-corrected chi connectivity index (χ0v) is 8.71. The first kappa shape index (κ1) is 11.2. The van der Waals surface area contributed by atoms with Gasteiger partial charge in [0.15, 0.2) is 0 Å². The van der Waals surface area contributed by atoms with E-state index in [1.165, 1.54) is 6.07 Å². The van der Waals surface area contributed by atoms with Crippen molar-refractivity contribution in [3.05, 3.63) is 35.4 Å². The summed E-state index contributed by atoms with van der Waals surface area (Å²) in [7, 11) is 0. The second kappa shape index (κ2) is 4.70. The summed E-state index contributed by atoms with van der Waals surface area (Å²) in [6.07, 6.45) is 0.460. The fraction of sp³-hybridized carbons (Fsp3) is 0.417. The standard InChI is InChI=1S/C12H12F2O2/c13-10-2-1-3-11(14)9(10)6-12(15)8-4-5-16-7-8/h1-3,8H,4-7H2. The van der Waals surface area contributed by atoms with E-state index in [1.807, 2.05) is 0 Å². The Morgan fingerprint density at radius 2 is 2.06 bits per heavy atom. The van der Waals surface area contributed by atoms with Gasteiger partial charge in [-0.15, -0.1) is 0 Å². The minimum atomic E-state index is -0.660. The Morgan fingerprint density at radius 1 is 1.38 bits per heavy atom. The number of halogens is 2. The lowest BCUT2D eigenvalue weighted by Crippen LogP contribution is -2.18. The number of ether oxygens (including phenoxy) is 1. The van der Waals surface area contributed by atoms with Crippen LogP contribution in [0.1, 0.15) is 12.0 Å². The van der Waals surface area contributed by atoms with Gasteiger partial charge in [0, 0.05) is 24.5 Å². The molecule has 1 aliphatic heterocycles. The molecule has 1 aromatic carbocycles. The van der Waals surface area contributed by atoms with E-state index < -0.39 is 11.6 Å². The van der Waals surface area contributed by atoms with Crippen molar-refractivity contribution in [2.24, 2.45) is 5.92 Å². The van der Waals surface area contributed by atoms with Crippen LogP contribution in [0.15, 0.2) is 18.2 Å². The molecule has 2 nitrogen and oxygen atoms in total. The van der Waals surface area contributed by atoms with Gasteiger partial charge >= 0.3 is 0 Å². The Kier molecular flexibility index (Phi) is 3.29. The van der Waals surface area contributed by atoms with E-state index in [9.17, 15) is 13.6 Å². The minimum absolute atomic E-state index is 0.139. The van der Waals surface area contributed by atoms with E-state index in [4.69, 9.17) is 4.74 Å². The first-order valence-electron chi connectivity index (χ1n) is 5.22. The molecule has 0 bridgehead atoms. The maximum atomic E-state index is 13.3. The van der Waals surface area contributed by atoms with Gasteiger partial charge in [0.25, 0.3) is 0 Å². The number of benzene rings is 1. The summed E-state index contributed by atoms with van der Waals surface area (Å²) < 4.78 is 31.6. The van der Waals surface area contributed by atoms with E-state index in [2.05, 4.69) is 0 Å². The van der Waals surface area contributed by atoms with Crippen LogP contribution < -0.4 is 0 Å². The largest absolute Gasteiger partial charge is 0.381 e. The van der Waals surface area contributed by atoms with Crippen LogP contribution in [0.25, 0.3) is 0 Å². The number of ketones is 1. The molecule has 1 aliphatic rings. The Hall–Kier alpha value is -1.29. The number of hydrogen-bond acceptors (Lipinski definition) is 2. The maximum absolute atomic E-state index is 13.3. The summed E-state index contributed by atoms with van der Waals surface area (Å²) >= 11 is 0. The smallest absolute Gasteiger partial charge is 0.142 e. The number of rotatable bonds is 3. The number of Topliss-reactive ketones (excluding diaryl/α,β-unsaturated/α-hetero) is 1. The fourth-order valence-electron chi connectivity index (χ4n) is 1.81. The van der Waals surface area contributed by atoms with Crippen LogP contribution in [0, 0.1) is 17.6 Å². The Labute approximate surface area is 92.2 Å². The van der Waals surface area contributed by atoms with Crippen molar-refractivity contribution in [3.8, 4) is 0 Å². The predicted octanol–water partition coefficient (Wildman–Crippen LogP) is 2.11. The predicted molar refractivity (Wildman–Crippen MR) is 54.0 cm³/mol. The quantitative estimate of drug-likeness (QED) is 0.789. The van der Waals surface area contributed by atoms with E-state index in [1.54, 1.807) is 0 Å². The number of carbonyl (C=O) groups excluding carboxylic acids is 1. The first-order valence-corrected chi connectivity index (χ1v) is 5.22. The fourth-order valence-corrected chi connectivity index (χ4v) is 1.81. The second-order valence-electron chi connectivity index (χ2n) is 3.90. The lowest BCUT2D eigenvalue weighted by atomic mass is 9.97. The van der Waals surface area contributed by atoms with Crippen LogP contribution in [0.2, 0.25) is 0 Å². The van der Waals surface area contributed by atoms with Crippen molar-refractivity contribution in [2.75, 3.05) is 13.2 Å². The van der Waals surface area contributed by atoms with Gasteiger partial charge in [-0.3, -0.25) is 4.79 Å². The average Bonchev–Trinajstić information content (AvgIpc) is 2.76. The normalized spacial score (nSPS) is 20.0. The van der Waals surface area contributed by atoms with E-state index >= 15 is 0 Å². The third kappa shape index (κ3) is 2.27. The molecule has 86 valence electrons. The molecule has 0 aliphatic carbocycles. The van der Waals surface area contributed by atoms with Gasteiger partial charge in [0.1, 0.15) is 17.4 Å². The average molecular weight is 226 g/mol. The zero-order chi connectivity index (χ0) is 11.5. The highest BCUT2D eigenvalue weighted by molar-refractivity contribution is 5.83. The lowest BCUT2D eigenvalue weighted by molar-refractivity contribution is -0.122. The first-order chi connectivity index (χ1) is 7.68. The summed E-state index contributed by atoms with van der Waals surface area (Å²) in [6, 6.07) is 3.62. The number of carbonyl (C=O) groups is 1. The molecule has 16 heavy (non-hydrogen) atoms. The van der Waals surface area contributed by atoms with Gasteiger partial charge in [-0.2, -0.15) is 0 Å². The third-order valence-electron chi connectivity index (χ3n) is 2.80. The summed E-state index contributed by atoms with van der Waals surface area (Å²) in [5.74, 6) is -1.68. The van der Waals surface area contributed by atoms with Crippen molar-refractivity contribution in [1.82, 2.24) is 0 Å². The molecule has 0 radical (unpaired) electrons. The van der Waals surface area contributed by atoms with Crippen LogP contribution in [0.3, 0.4) is 0 Å². The maximum Gasteiger partial charge on any atom is 0.142 e. The molecule has 1 unspecified atom stereocenters. The molecule has 2 rings (SSSR count). The topological polar surface area (TPSA) is 26.3 Å². The third-order valence-corrected chi connectivity index (χ3v) is 2.80. The highest BCUT2D eigenvalue weighted by atomic mass is 19.1. The highest BCUT2D eigenvalue weighted by Gasteiger charge is 2.25. The zero-order valence-electron chi connectivity index (χ0n) is 8.71. The van der Waals surface area contributed by atoms with Crippen LogP contribution in [0.5, 0.6) is 0 Å². The monoisotopic (exact) mass is 226 g/mol. The van der Waals surface area contributed by atoms with Gasteiger partial charge in [0.05, 0.1) is 6.61 Å². The van der Waals surface area contributed by atoms with E-state index in [0.717, 1.165) is 12.1 Å². The molecule has 1 saturated heterocycles. The van der Waals surface area contributed by atoms with Gasteiger partial charge in [-0.25, -0.2) is 8.78 Å². The molecular weight excluding hydrogens is 214 g/mol. The molecular formula is C12H12F2O2. The van der Waals surface area contributed by atoms with Gasteiger partial charge in [-0.1, -0.05) is 6.07 Å². The van der Waals surface area contributed by atoms with E-state index in [0.29, 0.717) is 19.6 Å².